The van der Waals surface area contributed by atoms with Crippen molar-refractivity contribution in [2.24, 2.45) is 0 Å². The first kappa shape index (κ1) is 12.6. The molecule has 4 nitrogen and oxygen atoms in total. The summed E-state index contributed by atoms with van der Waals surface area (Å²) in [5, 5.41) is 11.9. The fraction of sp³-hybridized carbons (Fsp3) is 0.0769. The first-order chi connectivity index (χ1) is 8.56. The molecule has 5 heteroatoms. The van der Waals surface area contributed by atoms with E-state index in [0.717, 1.165) is 15.7 Å². The maximum absolute atomic E-state index is 10.7. The molecular formula is C13H11BrN2O2. The van der Waals surface area contributed by atoms with Gasteiger partial charge in [0.25, 0.3) is 0 Å². The second-order valence-corrected chi connectivity index (χ2v) is 4.70. The maximum Gasteiger partial charge on any atom is 0.337 e. The Morgan fingerprint density at radius 3 is 2.67 bits per heavy atom. The third-order valence-electron chi connectivity index (χ3n) is 2.40. The molecule has 0 radical (unpaired) electrons. The van der Waals surface area contributed by atoms with Crippen LogP contribution < -0.4 is 5.32 Å². The summed E-state index contributed by atoms with van der Waals surface area (Å²) < 4.78 is 0.937. The van der Waals surface area contributed by atoms with Crippen LogP contribution >= 0.6 is 15.9 Å². The Balaban J connectivity index is 2.21. The summed E-state index contributed by atoms with van der Waals surface area (Å²) >= 11 is 3.46. The Morgan fingerprint density at radius 1 is 1.33 bits per heavy atom. The highest BCUT2D eigenvalue weighted by atomic mass is 79.9. The van der Waals surface area contributed by atoms with Crippen LogP contribution in [-0.2, 0) is 0 Å². The molecule has 18 heavy (non-hydrogen) atoms. The quantitative estimate of drug-likeness (QED) is 0.909. The van der Waals surface area contributed by atoms with Crippen molar-refractivity contribution in [3.8, 4) is 0 Å². The zero-order valence-corrected chi connectivity index (χ0v) is 11.2. The van der Waals surface area contributed by atoms with Gasteiger partial charge in [0, 0.05) is 10.7 Å². The van der Waals surface area contributed by atoms with Gasteiger partial charge < -0.3 is 10.4 Å². The number of aromatic nitrogens is 1. The van der Waals surface area contributed by atoms with Crippen LogP contribution in [0.3, 0.4) is 0 Å². The number of benzene rings is 1. The van der Waals surface area contributed by atoms with E-state index in [1.165, 1.54) is 12.3 Å². The van der Waals surface area contributed by atoms with Gasteiger partial charge >= 0.3 is 5.97 Å². The lowest BCUT2D eigenvalue weighted by atomic mass is 10.2. The second-order valence-electron chi connectivity index (χ2n) is 3.85. The molecule has 2 N–H and O–H groups in total. The van der Waals surface area contributed by atoms with Gasteiger partial charge in [-0.1, -0.05) is 6.07 Å². The molecule has 0 aliphatic carbocycles. The highest BCUT2D eigenvalue weighted by Crippen LogP contribution is 2.25. The predicted octanol–water partition coefficient (Wildman–Crippen LogP) is 3.59. The monoisotopic (exact) mass is 306 g/mol. The van der Waals surface area contributed by atoms with Gasteiger partial charge in [-0.25, -0.2) is 9.78 Å². The number of anilines is 2. The normalized spacial score (nSPS) is 10.1. The number of halogens is 1. The van der Waals surface area contributed by atoms with Crippen LogP contribution in [-0.4, -0.2) is 16.1 Å². The number of aromatic carboxylic acids is 1. The molecule has 0 aliphatic rings. The number of hydrogen-bond acceptors (Lipinski definition) is 3. The Hall–Kier alpha value is -1.88. The number of rotatable bonds is 3. The molecule has 0 spiro atoms. The lowest BCUT2D eigenvalue weighted by molar-refractivity contribution is 0.0696. The molecule has 1 aromatic carbocycles. The van der Waals surface area contributed by atoms with Gasteiger partial charge in [-0.15, -0.1) is 0 Å². The van der Waals surface area contributed by atoms with Crippen molar-refractivity contribution >= 4 is 33.4 Å². The van der Waals surface area contributed by atoms with Crippen molar-refractivity contribution in [3.63, 3.8) is 0 Å². The zero-order valence-electron chi connectivity index (χ0n) is 9.64. The standard InChI is InChI=1S/C13H11BrN2O2/c1-8-2-4-11(10(14)6-8)16-12-5-3-9(7-15-12)13(17)18/h2-7H,1H3,(H,15,16)(H,17,18). The Labute approximate surface area is 113 Å². The summed E-state index contributed by atoms with van der Waals surface area (Å²) in [5.74, 6) is -0.380. The molecule has 0 saturated heterocycles. The van der Waals surface area contributed by atoms with Crippen molar-refractivity contribution < 1.29 is 9.90 Å². The SMILES string of the molecule is Cc1ccc(Nc2ccc(C(=O)O)cn2)c(Br)c1. The molecule has 0 saturated carbocycles. The minimum Gasteiger partial charge on any atom is -0.478 e. The van der Waals surface area contributed by atoms with Crippen molar-refractivity contribution in [2.75, 3.05) is 5.32 Å². The van der Waals surface area contributed by atoms with Gasteiger partial charge in [-0.3, -0.25) is 0 Å². The smallest absolute Gasteiger partial charge is 0.337 e. The largest absolute Gasteiger partial charge is 0.478 e. The number of carbonyl (C=O) groups is 1. The van der Waals surface area contributed by atoms with Crippen LogP contribution in [0.25, 0.3) is 0 Å². The van der Waals surface area contributed by atoms with Gasteiger partial charge in [0.15, 0.2) is 0 Å². The second kappa shape index (κ2) is 5.18. The van der Waals surface area contributed by atoms with Crippen molar-refractivity contribution in [1.29, 1.82) is 0 Å². The van der Waals surface area contributed by atoms with E-state index in [-0.39, 0.29) is 5.56 Å². The number of nitrogens with zero attached hydrogens (tertiary/aromatic N) is 1. The van der Waals surface area contributed by atoms with Crippen LogP contribution in [0.4, 0.5) is 11.5 Å². The van der Waals surface area contributed by atoms with E-state index in [4.69, 9.17) is 5.11 Å². The van der Waals surface area contributed by atoms with E-state index in [0.29, 0.717) is 5.82 Å². The van der Waals surface area contributed by atoms with Gasteiger partial charge in [-0.05, 0) is 52.7 Å². The molecule has 2 rings (SSSR count). The molecule has 92 valence electrons. The van der Waals surface area contributed by atoms with E-state index >= 15 is 0 Å². The van der Waals surface area contributed by atoms with Crippen LogP contribution in [0, 0.1) is 6.92 Å². The summed E-state index contributed by atoms with van der Waals surface area (Å²) in [6.07, 6.45) is 1.33. The lowest BCUT2D eigenvalue weighted by Gasteiger charge is -2.08. The van der Waals surface area contributed by atoms with E-state index in [1.807, 2.05) is 25.1 Å². The molecular weight excluding hydrogens is 296 g/mol. The fourth-order valence-electron chi connectivity index (χ4n) is 1.45. The third-order valence-corrected chi connectivity index (χ3v) is 3.05. The van der Waals surface area contributed by atoms with Crippen LogP contribution in [0.1, 0.15) is 15.9 Å². The summed E-state index contributed by atoms with van der Waals surface area (Å²) in [5.41, 5.74) is 2.21. The number of nitrogens with one attached hydrogen (secondary N) is 1. The highest BCUT2D eigenvalue weighted by Gasteiger charge is 2.04. The molecule has 0 bridgehead atoms. The molecule has 0 unspecified atom stereocenters. The van der Waals surface area contributed by atoms with Crippen LogP contribution in [0.5, 0.6) is 0 Å². The Morgan fingerprint density at radius 2 is 2.11 bits per heavy atom. The van der Waals surface area contributed by atoms with Crippen molar-refractivity contribution in [3.05, 3.63) is 52.1 Å². The summed E-state index contributed by atoms with van der Waals surface area (Å²) in [6.45, 7) is 2.01. The molecule has 1 heterocycles. The highest BCUT2D eigenvalue weighted by molar-refractivity contribution is 9.10. The van der Waals surface area contributed by atoms with Crippen LogP contribution in [0.2, 0.25) is 0 Å². The Bertz CT molecular complexity index is 582. The van der Waals surface area contributed by atoms with Crippen molar-refractivity contribution in [2.45, 2.75) is 6.92 Å². The summed E-state index contributed by atoms with van der Waals surface area (Å²) in [4.78, 5) is 14.7. The zero-order chi connectivity index (χ0) is 13.1. The van der Waals surface area contributed by atoms with E-state index < -0.39 is 5.97 Å². The molecule has 0 atom stereocenters. The molecule has 0 fully saturated rings. The Kier molecular flexibility index (Phi) is 3.62. The first-order valence-corrected chi connectivity index (χ1v) is 6.08. The summed E-state index contributed by atoms with van der Waals surface area (Å²) in [6, 6.07) is 9.06. The minimum atomic E-state index is -0.981. The molecule has 0 amide bonds. The predicted molar refractivity (Wildman–Crippen MR) is 73.4 cm³/mol. The number of carboxylic acid groups (broad SMARTS) is 1. The van der Waals surface area contributed by atoms with E-state index in [1.54, 1.807) is 6.07 Å². The van der Waals surface area contributed by atoms with Gasteiger partial charge in [-0.2, -0.15) is 0 Å². The average Bonchev–Trinajstić information content (AvgIpc) is 2.33. The number of hydrogen-bond donors (Lipinski definition) is 2. The first-order valence-electron chi connectivity index (χ1n) is 5.29. The third kappa shape index (κ3) is 2.87. The number of aryl methyl sites for hydroxylation is 1. The average molecular weight is 307 g/mol. The molecule has 0 aliphatic heterocycles. The summed E-state index contributed by atoms with van der Waals surface area (Å²) in [7, 11) is 0. The van der Waals surface area contributed by atoms with Crippen LogP contribution in [0.15, 0.2) is 41.0 Å². The molecule has 2 aromatic rings. The van der Waals surface area contributed by atoms with Crippen molar-refractivity contribution in [1.82, 2.24) is 4.98 Å². The number of pyridine rings is 1. The lowest BCUT2D eigenvalue weighted by Crippen LogP contribution is -1.99. The van der Waals surface area contributed by atoms with Gasteiger partial charge in [0.05, 0.1) is 11.3 Å². The van der Waals surface area contributed by atoms with E-state index in [9.17, 15) is 4.79 Å². The fourth-order valence-corrected chi connectivity index (χ4v) is 2.05. The minimum absolute atomic E-state index is 0.170. The van der Waals surface area contributed by atoms with E-state index in [2.05, 4.69) is 26.2 Å². The van der Waals surface area contributed by atoms with Gasteiger partial charge in [0.1, 0.15) is 5.82 Å². The van der Waals surface area contributed by atoms with Gasteiger partial charge in [0.2, 0.25) is 0 Å². The topological polar surface area (TPSA) is 62.2 Å². The number of carboxylic acids is 1. The maximum atomic E-state index is 10.7. The molecule has 1 aromatic heterocycles.